The first-order chi connectivity index (χ1) is 11.0. The number of aromatic nitrogens is 2. The lowest BCUT2D eigenvalue weighted by atomic mass is 9.84. The monoisotopic (exact) mass is 338 g/mol. The molecule has 0 spiro atoms. The van der Waals surface area contributed by atoms with Crippen LogP contribution in [0.3, 0.4) is 0 Å². The van der Waals surface area contributed by atoms with E-state index in [-0.39, 0.29) is 5.59 Å². The standard InChI is InChI=1S/C16H18BF3N2O2/c1-14(2)15(3,4)24-17(23-14)13-10-12(16(18,19)20)21-22(13)11-8-6-5-7-9-11/h5-10H,1-4H3. The number of hydrogen-bond donors (Lipinski definition) is 0. The number of alkyl halides is 3. The van der Waals surface area contributed by atoms with E-state index in [4.69, 9.17) is 9.31 Å². The third-order valence-corrected chi connectivity index (χ3v) is 4.52. The van der Waals surface area contributed by atoms with Crippen LogP contribution in [0.15, 0.2) is 36.4 Å². The fourth-order valence-corrected chi connectivity index (χ4v) is 2.44. The molecule has 1 saturated heterocycles. The van der Waals surface area contributed by atoms with Gasteiger partial charge in [-0.1, -0.05) is 18.2 Å². The van der Waals surface area contributed by atoms with Gasteiger partial charge in [-0.2, -0.15) is 18.3 Å². The van der Waals surface area contributed by atoms with Gasteiger partial charge in [0.25, 0.3) is 0 Å². The first-order valence-corrected chi connectivity index (χ1v) is 7.59. The Morgan fingerprint density at radius 2 is 1.54 bits per heavy atom. The lowest BCUT2D eigenvalue weighted by molar-refractivity contribution is -0.141. The zero-order valence-corrected chi connectivity index (χ0v) is 13.9. The molecule has 1 fully saturated rings. The highest BCUT2D eigenvalue weighted by Gasteiger charge is 2.53. The van der Waals surface area contributed by atoms with E-state index in [0.29, 0.717) is 5.69 Å². The van der Waals surface area contributed by atoms with Gasteiger partial charge < -0.3 is 9.31 Å². The fraction of sp³-hybridized carbons (Fsp3) is 0.438. The molecule has 0 atom stereocenters. The smallest absolute Gasteiger partial charge is 0.398 e. The van der Waals surface area contributed by atoms with Gasteiger partial charge in [0.15, 0.2) is 5.69 Å². The minimum absolute atomic E-state index is 0.215. The molecule has 2 aromatic rings. The molecule has 0 N–H and O–H groups in total. The van der Waals surface area contributed by atoms with Crippen LogP contribution in [-0.2, 0) is 15.5 Å². The van der Waals surface area contributed by atoms with E-state index in [2.05, 4.69) is 5.10 Å². The summed E-state index contributed by atoms with van der Waals surface area (Å²) < 4.78 is 52.4. The molecule has 0 aliphatic carbocycles. The van der Waals surface area contributed by atoms with E-state index in [1.165, 1.54) is 4.68 Å². The van der Waals surface area contributed by atoms with E-state index in [1.54, 1.807) is 30.3 Å². The minimum atomic E-state index is -4.54. The lowest BCUT2D eigenvalue weighted by Gasteiger charge is -2.32. The molecule has 1 aliphatic heterocycles. The summed E-state index contributed by atoms with van der Waals surface area (Å²) in [5, 5.41) is 3.72. The molecule has 0 amide bonds. The van der Waals surface area contributed by atoms with Crippen molar-refractivity contribution in [1.29, 1.82) is 0 Å². The van der Waals surface area contributed by atoms with Crippen LogP contribution >= 0.6 is 0 Å². The highest BCUT2D eigenvalue weighted by molar-refractivity contribution is 6.61. The number of para-hydroxylation sites is 1. The van der Waals surface area contributed by atoms with Crippen molar-refractivity contribution in [3.05, 3.63) is 42.1 Å². The Bertz CT molecular complexity index is 726. The molecule has 128 valence electrons. The van der Waals surface area contributed by atoms with Gasteiger partial charge in [-0.3, -0.25) is 0 Å². The molecule has 4 nitrogen and oxygen atoms in total. The number of halogens is 3. The Labute approximate surface area is 138 Å². The average molecular weight is 338 g/mol. The van der Waals surface area contributed by atoms with Gasteiger partial charge in [0.1, 0.15) is 0 Å². The third kappa shape index (κ3) is 2.84. The summed E-state index contributed by atoms with van der Waals surface area (Å²) in [7, 11) is -0.932. The summed E-state index contributed by atoms with van der Waals surface area (Å²) >= 11 is 0. The number of benzene rings is 1. The SMILES string of the molecule is CC1(C)OB(c2cc(C(F)(F)F)nn2-c2ccccc2)OC1(C)C. The predicted molar refractivity (Wildman–Crippen MR) is 84.3 cm³/mol. The van der Waals surface area contributed by atoms with Gasteiger partial charge >= 0.3 is 13.3 Å². The second kappa shape index (κ2) is 5.36. The molecule has 24 heavy (non-hydrogen) atoms. The number of hydrogen-bond acceptors (Lipinski definition) is 3. The van der Waals surface area contributed by atoms with E-state index in [1.807, 2.05) is 27.7 Å². The number of nitrogens with zero attached hydrogens (tertiary/aromatic N) is 2. The lowest BCUT2D eigenvalue weighted by Crippen LogP contribution is -2.41. The molecule has 2 heterocycles. The summed E-state index contributed by atoms with van der Waals surface area (Å²) in [6.07, 6.45) is -4.54. The fourth-order valence-electron chi connectivity index (χ4n) is 2.44. The van der Waals surface area contributed by atoms with Crippen molar-refractivity contribution in [3.63, 3.8) is 0 Å². The Morgan fingerprint density at radius 1 is 1.00 bits per heavy atom. The van der Waals surface area contributed by atoms with Gasteiger partial charge in [-0.15, -0.1) is 0 Å². The van der Waals surface area contributed by atoms with Gasteiger partial charge in [-0.25, -0.2) is 4.68 Å². The molecule has 0 radical (unpaired) electrons. The van der Waals surface area contributed by atoms with Crippen molar-refractivity contribution in [2.24, 2.45) is 0 Å². The van der Waals surface area contributed by atoms with E-state index in [9.17, 15) is 13.2 Å². The second-order valence-corrected chi connectivity index (χ2v) is 6.79. The largest absolute Gasteiger partial charge is 0.514 e. The molecule has 1 aliphatic rings. The van der Waals surface area contributed by atoms with Crippen molar-refractivity contribution in [2.45, 2.75) is 45.1 Å². The van der Waals surface area contributed by atoms with E-state index in [0.717, 1.165) is 6.07 Å². The normalized spacial score (nSPS) is 19.7. The quantitative estimate of drug-likeness (QED) is 0.789. The van der Waals surface area contributed by atoms with Gasteiger partial charge in [-0.05, 0) is 45.9 Å². The maximum Gasteiger partial charge on any atom is 0.514 e. The van der Waals surface area contributed by atoms with Gasteiger partial charge in [0, 0.05) is 0 Å². The van der Waals surface area contributed by atoms with Crippen molar-refractivity contribution < 1.29 is 22.5 Å². The summed E-state index contributed by atoms with van der Waals surface area (Å²) in [4.78, 5) is 0. The summed E-state index contributed by atoms with van der Waals surface area (Å²) in [6, 6.07) is 9.60. The van der Waals surface area contributed by atoms with Crippen molar-refractivity contribution >= 4 is 12.7 Å². The van der Waals surface area contributed by atoms with Gasteiger partial charge in [0.05, 0.1) is 22.5 Å². The van der Waals surface area contributed by atoms with E-state index >= 15 is 0 Å². The molecule has 1 aromatic carbocycles. The first kappa shape index (κ1) is 17.0. The Morgan fingerprint density at radius 3 is 2.04 bits per heavy atom. The second-order valence-electron chi connectivity index (χ2n) is 6.79. The van der Waals surface area contributed by atoms with Crippen LogP contribution in [0, 0.1) is 0 Å². The molecular weight excluding hydrogens is 320 g/mol. The molecule has 1 aromatic heterocycles. The maximum absolute atomic E-state index is 13.1. The van der Waals surface area contributed by atoms with Crippen LogP contribution in [0.1, 0.15) is 33.4 Å². The molecular formula is C16H18BF3N2O2. The Balaban J connectivity index is 2.09. The summed E-state index contributed by atoms with van der Waals surface area (Å²) in [5.74, 6) is 0. The molecule has 3 rings (SSSR count). The predicted octanol–water partition coefficient (Wildman–Crippen LogP) is 3.19. The molecule has 0 unspecified atom stereocenters. The number of rotatable bonds is 2. The average Bonchev–Trinajstić information content (AvgIpc) is 2.99. The third-order valence-electron chi connectivity index (χ3n) is 4.52. The van der Waals surface area contributed by atoms with Crippen LogP contribution in [0.2, 0.25) is 0 Å². The zero-order chi connectivity index (χ0) is 17.8. The Hall–Kier alpha value is -1.80. The van der Waals surface area contributed by atoms with Crippen LogP contribution in [-0.4, -0.2) is 28.1 Å². The van der Waals surface area contributed by atoms with Crippen LogP contribution < -0.4 is 5.59 Å². The van der Waals surface area contributed by atoms with Crippen LogP contribution in [0.4, 0.5) is 13.2 Å². The molecule has 0 saturated carbocycles. The topological polar surface area (TPSA) is 36.3 Å². The Kier molecular flexibility index (Phi) is 3.80. The highest BCUT2D eigenvalue weighted by atomic mass is 19.4. The molecule has 0 bridgehead atoms. The zero-order valence-electron chi connectivity index (χ0n) is 13.9. The molecule has 8 heteroatoms. The van der Waals surface area contributed by atoms with Gasteiger partial charge in [0.2, 0.25) is 0 Å². The van der Waals surface area contributed by atoms with Crippen LogP contribution in [0.5, 0.6) is 0 Å². The minimum Gasteiger partial charge on any atom is -0.398 e. The van der Waals surface area contributed by atoms with Crippen LogP contribution in [0.25, 0.3) is 5.69 Å². The first-order valence-electron chi connectivity index (χ1n) is 7.59. The maximum atomic E-state index is 13.1. The van der Waals surface area contributed by atoms with Crippen molar-refractivity contribution in [2.75, 3.05) is 0 Å². The van der Waals surface area contributed by atoms with E-state index < -0.39 is 30.2 Å². The van der Waals surface area contributed by atoms with Crippen molar-refractivity contribution in [1.82, 2.24) is 9.78 Å². The highest BCUT2D eigenvalue weighted by Crippen LogP contribution is 2.37. The van der Waals surface area contributed by atoms with Crippen molar-refractivity contribution in [3.8, 4) is 5.69 Å². The summed E-state index contributed by atoms with van der Waals surface area (Å²) in [6.45, 7) is 7.39. The summed E-state index contributed by atoms with van der Waals surface area (Å²) in [5.41, 5.74) is -1.55.